The largest absolute Gasteiger partial charge is 0.378 e. The predicted molar refractivity (Wildman–Crippen MR) is 115 cm³/mol. The monoisotopic (exact) mass is 382 g/mol. The number of carbonyl (C=O) groups is 2. The van der Waals surface area contributed by atoms with E-state index >= 15 is 0 Å². The Morgan fingerprint density at radius 2 is 1.54 bits per heavy atom. The molecule has 0 aliphatic heterocycles. The SMILES string of the molecule is Cc1ccc(NC(=O)C(=O)NC[C@@H](c2ccc(N(C)C)cc2)N(C)C)cc1C. The van der Waals surface area contributed by atoms with Crippen LogP contribution in [0.15, 0.2) is 42.5 Å². The number of amides is 2. The molecule has 0 radical (unpaired) electrons. The van der Waals surface area contributed by atoms with Crippen molar-refractivity contribution in [1.82, 2.24) is 10.2 Å². The Kier molecular flexibility index (Phi) is 7.18. The van der Waals surface area contributed by atoms with Crippen LogP contribution in [0.5, 0.6) is 0 Å². The quantitative estimate of drug-likeness (QED) is 0.754. The molecule has 2 N–H and O–H groups in total. The molecule has 6 heteroatoms. The molecule has 0 unspecified atom stereocenters. The number of hydrogen-bond donors (Lipinski definition) is 2. The fraction of sp³-hybridized carbons (Fsp3) is 0.364. The van der Waals surface area contributed by atoms with Crippen LogP contribution in [0.3, 0.4) is 0 Å². The lowest BCUT2D eigenvalue weighted by atomic mass is 10.1. The van der Waals surface area contributed by atoms with Crippen LogP contribution in [0.1, 0.15) is 22.7 Å². The van der Waals surface area contributed by atoms with Crippen LogP contribution in [-0.2, 0) is 9.59 Å². The first-order chi connectivity index (χ1) is 13.2. The van der Waals surface area contributed by atoms with E-state index in [1.165, 1.54) is 0 Å². The molecule has 0 saturated heterocycles. The van der Waals surface area contributed by atoms with E-state index in [9.17, 15) is 9.59 Å². The Labute approximate surface area is 167 Å². The van der Waals surface area contributed by atoms with Gasteiger partial charge in [-0.3, -0.25) is 9.59 Å². The van der Waals surface area contributed by atoms with Gasteiger partial charge in [0.1, 0.15) is 0 Å². The van der Waals surface area contributed by atoms with E-state index in [2.05, 4.69) is 10.6 Å². The molecular formula is C22H30N4O2. The first kappa shape index (κ1) is 21.4. The average Bonchev–Trinajstić information content (AvgIpc) is 2.64. The van der Waals surface area contributed by atoms with Crippen molar-refractivity contribution in [1.29, 1.82) is 0 Å². The summed E-state index contributed by atoms with van der Waals surface area (Å²) in [6.07, 6.45) is 0. The van der Waals surface area contributed by atoms with Gasteiger partial charge in [0.2, 0.25) is 0 Å². The number of carbonyl (C=O) groups excluding carboxylic acids is 2. The smallest absolute Gasteiger partial charge is 0.313 e. The Hall–Kier alpha value is -2.86. The van der Waals surface area contributed by atoms with E-state index < -0.39 is 11.8 Å². The summed E-state index contributed by atoms with van der Waals surface area (Å²) in [5, 5.41) is 5.40. The zero-order chi connectivity index (χ0) is 20.8. The average molecular weight is 383 g/mol. The number of likely N-dealkylation sites (N-methyl/N-ethyl adjacent to an activating group) is 1. The summed E-state index contributed by atoms with van der Waals surface area (Å²) in [6.45, 7) is 4.31. The molecule has 2 aromatic carbocycles. The number of benzene rings is 2. The number of nitrogens with zero attached hydrogens (tertiary/aromatic N) is 2. The molecule has 0 aromatic heterocycles. The molecule has 1 atom stereocenters. The Morgan fingerprint density at radius 3 is 2.07 bits per heavy atom. The minimum absolute atomic E-state index is 0.0328. The van der Waals surface area contributed by atoms with E-state index in [0.29, 0.717) is 12.2 Å². The number of hydrogen-bond acceptors (Lipinski definition) is 4. The minimum atomic E-state index is -0.663. The molecule has 2 aromatic rings. The fourth-order valence-electron chi connectivity index (χ4n) is 2.87. The van der Waals surface area contributed by atoms with Crippen molar-refractivity contribution in [3.8, 4) is 0 Å². The standard InChI is InChI=1S/C22H30N4O2/c1-15-7-10-18(13-16(15)2)24-22(28)21(27)23-14-20(26(5)6)17-8-11-19(12-9-17)25(3)4/h7-13,20H,14H2,1-6H3,(H,23,27)(H,24,28)/t20-/m0/s1. The van der Waals surface area contributed by atoms with Gasteiger partial charge in [0.15, 0.2) is 0 Å². The van der Waals surface area contributed by atoms with Gasteiger partial charge in [0.05, 0.1) is 6.04 Å². The van der Waals surface area contributed by atoms with E-state index in [4.69, 9.17) is 0 Å². The zero-order valence-corrected chi connectivity index (χ0v) is 17.5. The van der Waals surface area contributed by atoms with Crippen LogP contribution in [0.25, 0.3) is 0 Å². The summed E-state index contributed by atoms with van der Waals surface area (Å²) < 4.78 is 0. The van der Waals surface area contributed by atoms with Gasteiger partial charge in [0, 0.05) is 32.0 Å². The third-order valence-corrected chi connectivity index (χ3v) is 4.84. The van der Waals surface area contributed by atoms with Gasteiger partial charge < -0.3 is 20.4 Å². The van der Waals surface area contributed by atoms with Crippen LogP contribution >= 0.6 is 0 Å². The summed E-state index contributed by atoms with van der Waals surface area (Å²) in [5.41, 5.74) is 5.00. The lowest BCUT2D eigenvalue weighted by molar-refractivity contribution is -0.136. The maximum atomic E-state index is 12.3. The third kappa shape index (κ3) is 5.57. The van der Waals surface area contributed by atoms with Gasteiger partial charge in [0.25, 0.3) is 0 Å². The predicted octanol–water partition coefficient (Wildman–Crippen LogP) is 2.73. The van der Waals surface area contributed by atoms with Gasteiger partial charge >= 0.3 is 11.8 Å². The summed E-state index contributed by atoms with van der Waals surface area (Å²) in [4.78, 5) is 28.5. The Morgan fingerprint density at radius 1 is 0.893 bits per heavy atom. The molecule has 0 aliphatic carbocycles. The van der Waals surface area contributed by atoms with E-state index in [-0.39, 0.29) is 6.04 Å². The van der Waals surface area contributed by atoms with Crippen molar-refractivity contribution in [2.45, 2.75) is 19.9 Å². The summed E-state index contributed by atoms with van der Waals surface area (Å²) in [7, 11) is 7.89. The van der Waals surface area contributed by atoms with Crippen LogP contribution in [0, 0.1) is 13.8 Å². The summed E-state index contributed by atoms with van der Waals surface area (Å²) in [6, 6.07) is 13.7. The molecule has 0 saturated carbocycles. The molecule has 2 amide bonds. The molecule has 0 bridgehead atoms. The maximum absolute atomic E-state index is 12.3. The maximum Gasteiger partial charge on any atom is 0.313 e. The first-order valence-corrected chi connectivity index (χ1v) is 9.29. The van der Waals surface area contributed by atoms with Gasteiger partial charge in [-0.2, -0.15) is 0 Å². The highest BCUT2D eigenvalue weighted by molar-refractivity contribution is 6.39. The molecule has 0 spiro atoms. The lowest BCUT2D eigenvalue weighted by Crippen LogP contribution is -2.40. The number of rotatable bonds is 6. The number of nitrogens with one attached hydrogen (secondary N) is 2. The van der Waals surface area contributed by atoms with Gasteiger partial charge in [-0.25, -0.2) is 0 Å². The van der Waals surface area contributed by atoms with Crippen molar-refractivity contribution in [2.75, 3.05) is 45.0 Å². The Balaban J connectivity index is 1.99. The molecule has 150 valence electrons. The second-order valence-corrected chi connectivity index (χ2v) is 7.43. The lowest BCUT2D eigenvalue weighted by Gasteiger charge is -2.25. The van der Waals surface area contributed by atoms with Crippen LogP contribution in [0.4, 0.5) is 11.4 Å². The van der Waals surface area contributed by atoms with Crippen LogP contribution < -0.4 is 15.5 Å². The van der Waals surface area contributed by atoms with Crippen molar-refractivity contribution >= 4 is 23.2 Å². The van der Waals surface area contributed by atoms with E-state index in [1.54, 1.807) is 6.07 Å². The number of anilines is 2. The molecule has 0 heterocycles. The fourth-order valence-corrected chi connectivity index (χ4v) is 2.87. The van der Waals surface area contributed by atoms with Gasteiger partial charge in [-0.15, -0.1) is 0 Å². The minimum Gasteiger partial charge on any atom is -0.378 e. The molecular weight excluding hydrogens is 352 g/mol. The van der Waals surface area contributed by atoms with Crippen molar-refractivity contribution in [3.05, 3.63) is 59.2 Å². The first-order valence-electron chi connectivity index (χ1n) is 9.29. The zero-order valence-electron chi connectivity index (χ0n) is 17.5. The number of aryl methyl sites for hydroxylation is 2. The van der Waals surface area contributed by atoms with Crippen molar-refractivity contribution in [2.24, 2.45) is 0 Å². The molecule has 2 rings (SSSR count). The molecule has 0 fully saturated rings. The van der Waals surface area contributed by atoms with E-state index in [0.717, 1.165) is 22.4 Å². The Bertz CT molecular complexity index is 829. The molecule has 6 nitrogen and oxygen atoms in total. The van der Waals surface area contributed by atoms with E-state index in [1.807, 2.05) is 88.2 Å². The highest BCUT2D eigenvalue weighted by atomic mass is 16.2. The second-order valence-electron chi connectivity index (χ2n) is 7.43. The molecule has 0 aliphatic rings. The third-order valence-electron chi connectivity index (χ3n) is 4.84. The topological polar surface area (TPSA) is 64.7 Å². The van der Waals surface area contributed by atoms with Gasteiger partial charge in [-0.05, 0) is 68.9 Å². The highest BCUT2D eigenvalue weighted by Crippen LogP contribution is 2.21. The van der Waals surface area contributed by atoms with Crippen LogP contribution in [0.2, 0.25) is 0 Å². The normalized spacial score (nSPS) is 11.8. The highest BCUT2D eigenvalue weighted by Gasteiger charge is 2.19. The summed E-state index contributed by atoms with van der Waals surface area (Å²) in [5.74, 6) is -1.31. The second kappa shape index (κ2) is 9.37. The van der Waals surface area contributed by atoms with Crippen molar-refractivity contribution < 1.29 is 9.59 Å². The molecule has 28 heavy (non-hydrogen) atoms. The van der Waals surface area contributed by atoms with Crippen LogP contribution in [-0.4, -0.2) is 51.4 Å². The van der Waals surface area contributed by atoms with Gasteiger partial charge in [-0.1, -0.05) is 18.2 Å². The van der Waals surface area contributed by atoms with Crippen molar-refractivity contribution in [3.63, 3.8) is 0 Å². The summed E-state index contributed by atoms with van der Waals surface area (Å²) >= 11 is 0.